The van der Waals surface area contributed by atoms with Gasteiger partial charge in [-0.2, -0.15) is 0 Å². The number of carbonyl (C=O) groups is 1. The predicted octanol–water partition coefficient (Wildman–Crippen LogP) is 2.91. The first-order valence-electron chi connectivity index (χ1n) is 5.83. The molecule has 2 heterocycles. The minimum Gasteiger partial charge on any atom is -0.476 e. The van der Waals surface area contributed by atoms with Crippen LogP contribution in [0.15, 0.2) is 36.5 Å². The maximum atomic E-state index is 11.3. The van der Waals surface area contributed by atoms with E-state index in [0.29, 0.717) is 5.52 Å². The molecule has 0 saturated carbocycles. The van der Waals surface area contributed by atoms with Crippen molar-refractivity contribution in [3.05, 3.63) is 42.2 Å². The summed E-state index contributed by atoms with van der Waals surface area (Å²) in [6.07, 6.45) is 1.55. The maximum absolute atomic E-state index is 11.3. The smallest absolute Gasteiger partial charge is 0.356 e. The van der Waals surface area contributed by atoms with Crippen molar-refractivity contribution >= 4 is 27.8 Å². The third kappa shape index (κ3) is 1.32. The standard InChI is InChI=1S/C14H12N2O2/c1-2-16-11-6-4-3-5-9(11)10-7-8-15-12(13(10)16)14(17)18/h3-8H,2H2,1H3,(H,17,18). The molecule has 0 bridgehead atoms. The van der Waals surface area contributed by atoms with Crippen molar-refractivity contribution in [3.8, 4) is 0 Å². The van der Waals surface area contributed by atoms with Gasteiger partial charge in [0.05, 0.1) is 5.52 Å². The highest BCUT2D eigenvalue weighted by molar-refractivity contribution is 6.13. The van der Waals surface area contributed by atoms with Gasteiger partial charge in [-0.3, -0.25) is 0 Å². The summed E-state index contributed by atoms with van der Waals surface area (Å²) in [6, 6.07) is 9.81. The number of rotatable bonds is 2. The quantitative estimate of drug-likeness (QED) is 0.749. The van der Waals surface area contributed by atoms with Crippen LogP contribution in [0, 0.1) is 0 Å². The molecular weight excluding hydrogens is 228 g/mol. The van der Waals surface area contributed by atoms with E-state index in [1.807, 2.05) is 41.8 Å². The van der Waals surface area contributed by atoms with Gasteiger partial charge in [0.2, 0.25) is 0 Å². The minimum absolute atomic E-state index is 0.116. The maximum Gasteiger partial charge on any atom is 0.356 e. The lowest BCUT2D eigenvalue weighted by Crippen LogP contribution is -2.04. The molecule has 0 unspecified atom stereocenters. The van der Waals surface area contributed by atoms with E-state index in [2.05, 4.69) is 4.98 Å². The molecule has 4 nitrogen and oxygen atoms in total. The molecule has 18 heavy (non-hydrogen) atoms. The van der Waals surface area contributed by atoms with Gasteiger partial charge in [0.1, 0.15) is 0 Å². The molecule has 0 saturated heterocycles. The van der Waals surface area contributed by atoms with Crippen LogP contribution in [-0.4, -0.2) is 20.6 Å². The average molecular weight is 240 g/mol. The third-order valence-corrected chi connectivity index (χ3v) is 3.20. The second-order valence-electron chi connectivity index (χ2n) is 4.12. The number of aromatic carboxylic acids is 1. The molecule has 0 atom stereocenters. The zero-order valence-electron chi connectivity index (χ0n) is 9.92. The molecule has 90 valence electrons. The van der Waals surface area contributed by atoms with Crippen LogP contribution in [0.5, 0.6) is 0 Å². The van der Waals surface area contributed by atoms with Crippen molar-refractivity contribution in [2.45, 2.75) is 13.5 Å². The van der Waals surface area contributed by atoms with Gasteiger partial charge >= 0.3 is 5.97 Å². The van der Waals surface area contributed by atoms with Gasteiger partial charge < -0.3 is 9.67 Å². The largest absolute Gasteiger partial charge is 0.476 e. The van der Waals surface area contributed by atoms with E-state index in [-0.39, 0.29) is 5.69 Å². The topological polar surface area (TPSA) is 55.1 Å². The zero-order valence-corrected chi connectivity index (χ0v) is 9.92. The zero-order chi connectivity index (χ0) is 12.7. The van der Waals surface area contributed by atoms with Crippen LogP contribution in [0.4, 0.5) is 0 Å². The normalized spacial score (nSPS) is 11.2. The van der Waals surface area contributed by atoms with Gasteiger partial charge in [-0.15, -0.1) is 0 Å². The van der Waals surface area contributed by atoms with E-state index in [1.165, 1.54) is 0 Å². The van der Waals surface area contributed by atoms with Crippen LogP contribution < -0.4 is 0 Å². The Morgan fingerprint density at radius 3 is 2.78 bits per heavy atom. The molecule has 0 aliphatic carbocycles. The first-order valence-corrected chi connectivity index (χ1v) is 5.83. The Bertz CT molecular complexity index is 759. The molecule has 0 aliphatic rings. The van der Waals surface area contributed by atoms with Gasteiger partial charge in [0.15, 0.2) is 5.69 Å². The number of carboxylic acid groups (broad SMARTS) is 1. The van der Waals surface area contributed by atoms with Crippen molar-refractivity contribution in [3.63, 3.8) is 0 Å². The fourth-order valence-electron chi connectivity index (χ4n) is 2.49. The summed E-state index contributed by atoms with van der Waals surface area (Å²) < 4.78 is 2.00. The van der Waals surface area contributed by atoms with Crippen molar-refractivity contribution < 1.29 is 9.90 Å². The van der Waals surface area contributed by atoms with E-state index >= 15 is 0 Å². The van der Waals surface area contributed by atoms with Crippen molar-refractivity contribution in [1.82, 2.24) is 9.55 Å². The van der Waals surface area contributed by atoms with E-state index in [4.69, 9.17) is 0 Å². The Kier molecular flexibility index (Phi) is 2.30. The first-order chi connectivity index (χ1) is 8.74. The number of aryl methyl sites for hydroxylation is 1. The number of para-hydroxylation sites is 1. The SMILES string of the molecule is CCn1c2ccccc2c2ccnc(C(=O)O)c21. The molecular formula is C14H12N2O2. The van der Waals surface area contributed by atoms with Gasteiger partial charge in [-0.05, 0) is 19.1 Å². The average Bonchev–Trinajstić information content (AvgIpc) is 2.72. The van der Waals surface area contributed by atoms with Crippen LogP contribution in [0.3, 0.4) is 0 Å². The van der Waals surface area contributed by atoms with E-state index < -0.39 is 5.97 Å². The van der Waals surface area contributed by atoms with Crippen LogP contribution in [0.1, 0.15) is 17.4 Å². The first kappa shape index (κ1) is 10.8. The molecule has 4 heteroatoms. The van der Waals surface area contributed by atoms with Gasteiger partial charge in [-0.1, -0.05) is 18.2 Å². The summed E-state index contributed by atoms with van der Waals surface area (Å²) in [5.74, 6) is -0.988. The lowest BCUT2D eigenvalue weighted by Gasteiger charge is -2.04. The molecule has 0 fully saturated rings. The van der Waals surface area contributed by atoms with E-state index in [9.17, 15) is 9.90 Å². The van der Waals surface area contributed by atoms with Crippen molar-refractivity contribution in [2.75, 3.05) is 0 Å². The Morgan fingerprint density at radius 1 is 1.28 bits per heavy atom. The lowest BCUT2D eigenvalue weighted by molar-refractivity contribution is 0.0692. The van der Waals surface area contributed by atoms with Crippen molar-refractivity contribution in [1.29, 1.82) is 0 Å². The van der Waals surface area contributed by atoms with Crippen LogP contribution in [0.25, 0.3) is 21.8 Å². The summed E-state index contributed by atoms with van der Waals surface area (Å²) in [6.45, 7) is 2.72. The van der Waals surface area contributed by atoms with Gasteiger partial charge in [0.25, 0.3) is 0 Å². The van der Waals surface area contributed by atoms with E-state index in [0.717, 1.165) is 22.8 Å². The Labute approximate surface area is 103 Å². The Hall–Kier alpha value is -2.36. The fraction of sp³-hybridized carbons (Fsp3) is 0.143. The second kappa shape index (κ2) is 3.84. The molecule has 0 aliphatic heterocycles. The predicted molar refractivity (Wildman–Crippen MR) is 69.9 cm³/mol. The van der Waals surface area contributed by atoms with Crippen LogP contribution in [0.2, 0.25) is 0 Å². The summed E-state index contributed by atoms with van der Waals surface area (Å²) in [4.78, 5) is 15.3. The highest BCUT2D eigenvalue weighted by Gasteiger charge is 2.17. The number of fused-ring (bicyclic) bond motifs is 3. The molecule has 3 aromatic rings. The molecule has 1 N–H and O–H groups in total. The van der Waals surface area contributed by atoms with Crippen molar-refractivity contribution in [2.24, 2.45) is 0 Å². The number of hydrogen-bond acceptors (Lipinski definition) is 2. The number of carboxylic acids is 1. The number of aromatic nitrogens is 2. The Balaban J connectivity index is 2.60. The highest BCUT2D eigenvalue weighted by atomic mass is 16.4. The highest BCUT2D eigenvalue weighted by Crippen LogP contribution is 2.30. The number of pyridine rings is 1. The van der Waals surface area contributed by atoms with Gasteiger partial charge in [0, 0.05) is 29.0 Å². The fourth-order valence-corrected chi connectivity index (χ4v) is 2.49. The second-order valence-corrected chi connectivity index (χ2v) is 4.12. The van der Waals surface area contributed by atoms with Crippen LogP contribution >= 0.6 is 0 Å². The number of nitrogens with zero attached hydrogens (tertiary/aromatic N) is 2. The lowest BCUT2D eigenvalue weighted by atomic mass is 10.1. The number of benzene rings is 1. The number of hydrogen-bond donors (Lipinski definition) is 1. The minimum atomic E-state index is -0.988. The summed E-state index contributed by atoms with van der Waals surface area (Å²) >= 11 is 0. The third-order valence-electron chi connectivity index (χ3n) is 3.20. The molecule has 1 aromatic carbocycles. The summed E-state index contributed by atoms with van der Waals surface area (Å²) in [5.41, 5.74) is 1.87. The molecule has 2 aromatic heterocycles. The molecule has 3 rings (SSSR count). The molecule has 0 amide bonds. The van der Waals surface area contributed by atoms with Crippen LogP contribution in [-0.2, 0) is 6.54 Å². The molecule has 0 radical (unpaired) electrons. The monoisotopic (exact) mass is 240 g/mol. The van der Waals surface area contributed by atoms with E-state index in [1.54, 1.807) is 6.20 Å². The Morgan fingerprint density at radius 2 is 2.06 bits per heavy atom. The summed E-state index contributed by atoms with van der Waals surface area (Å²) in [5, 5.41) is 11.3. The summed E-state index contributed by atoms with van der Waals surface area (Å²) in [7, 11) is 0. The molecule has 0 spiro atoms. The van der Waals surface area contributed by atoms with Gasteiger partial charge in [-0.25, -0.2) is 9.78 Å².